The highest BCUT2D eigenvalue weighted by molar-refractivity contribution is 5.94. The number of allylic oxidation sites excluding steroid dienone is 3. The van der Waals surface area contributed by atoms with Gasteiger partial charge in [0.2, 0.25) is 0 Å². The van der Waals surface area contributed by atoms with Gasteiger partial charge in [-0.15, -0.1) is 0 Å². The van der Waals surface area contributed by atoms with Crippen molar-refractivity contribution < 1.29 is 9.90 Å². The summed E-state index contributed by atoms with van der Waals surface area (Å²) >= 11 is 0. The quantitative estimate of drug-likeness (QED) is 0.481. The second-order valence-corrected chi connectivity index (χ2v) is 12.4. The summed E-state index contributed by atoms with van der Waals surface area (Å²) in [4.78, 5) is 13.5. The molecule has 0 amide bonds. The number of ketones is 1. The van der Waals surface area contributed by atoms with Crippen molar-refractivity contribution in [3.8, 4) is 0 Å². The van der Waals surface area contributed by atoms with E-state index in [1.165, 1.54) is 37.7 Å². The van der Waals surface area contributed by atoms with Crippen LogP contribution in [0.3, 0.4) is 0 Å². The molecular formula is C29H46O2. The van der Waals surface area contributed by atoms with Gasteiger partial charge in [-0.3, -0.25) is 4.79 Å². The molecule has 4 aliphatic carbocycles. The van der Waals surface area contributed by atoms with Crippen molar-refractivity contribution in [2.45, 2.75) is 99.0 Å². The molecule has 9 atom stereocenters. The van der Waals surface area contributed by atoms with Crippen LogP contribution in [0.1, 0.15) is 92.9 Å². The predicted molar refractivity (Wildman–Crippen MR) is 129 cm³/mol. The highest BCUT2D eigenvalue weighted by Crippen LogP contribution is 2.66. The molecule has 2 nitrogen and oxygen atoms in total. The highest BCUT2D eigenvalue weighted by atomic mass is 16.3. The maximum atomic E-state index is 13.5. The summed E-state index contributed by atoms with van der Waals surface area (Å²) in [5, 5.41) is 10.2. The zero-order chi connectivity index (χ0) is 22.6. The van der Waals surface area contributed by atoms with Crippen LogP contribution in [0.5, 0.6) is 0 Å². The van der Waals surface area contributed by atoms with Crippen molar-refractivity contribution in [2.24, 2.45) is 52.3 Å². The lowest BCUT2D eigenvalue weighted by atomic mass is 9.46. The Morgan fingerprint density at radius 3 is 2.48 bits per heavy atom. The van der Waals surface area contributed by atoms with Crippen LogP contribution in [0.4, 0.5) is 0 Å². The molecule has 0 saturated heterocycles. The standard InChI is InChI=1S/C29H46O2/c1-7-20(18(2)3)9-8-19(4)23-10-11-24-27-25(13-15-29(23,24)6)28(5)14-12-22(30)16-21(28)17-26(27)31/h8-9,17-20,22-25,27,30H,7,10-16H2,1-6H3/b9-8+/t19-,20-,22+,23-,24+,25+,27+,28+,29-/m1/s1. The topological polar surface area (TPSA) is 37.3 Å². The summed E-state index contributed by atoms with van der Waals surface area (Å²) in [5.74, 6) is 4.27. The first-order valence-corrected chi connectivity index (χ1v) is 13.2. The van der Waals surface area contributed by atoms with Gasteiger partial charge in [-0.1, -0.05) is 59.3 Å². The van der Waals surface area contributed by atoms with Crippen LogP contribution in [-0.2, 0) is 4.79 Å². The molecule has 0 bridgehead atoms. The van der Waals surface area contributed by atoms with E-state index < -0.39 is 0 Å². The molecule has 2 heteroatoms. The number of aliphatic hydroxyl groups excluding tert-OH is 1. The average Bonchev–Trinajstić information content (AvgIpc) is 3.06. The Balaban J connectivity index is 1.57. The molecular weight excluding hydrogens is 380 g/mol. The molecule has 0 unspecified atom stereocenters. The Kier molecular flexibility index (Phi) is 6.36. The number of rotatable bonds is 5. The van der Waals surface area contributed by atoms with Crippen molar-refractivity contribution in [1.29, 1.82) is 0 Å². The molecule has 1 N–H and O–H groups in total. The molecule has 0 aromatic rings. The van der Waals surface area contributed by atoms with Crippen LogP contribution in [-0.4, -0.2) is 17.0 Å². The van der Waals surface area contributed by atoms with Crippen molar-refractivity contribution in [3.05, 3.63) is 23.8 Å². The zero-order valence-electron chi connectivity index (χ0n) is 20.9. The minimum atomic E-state index is -0.251. The fourth-order valence-electron chi connectivity index (χ4n) is 8.57. The fourth-order valence-corrected chi connectivity index (χ4v) is 8.57. The number of carbonyl (C=O) groups excluding carboxylic acids is 1. The van der Waals surface area contributed by atoms with E-state index in [1.54, 1.807) is 0 Å². The summed E-state index contributed by atoms with van der Waals surface area (Å²) in [6, 6.07) is 0. The first-order chi connectivity index (χ1) is 14.6. The predicted octanol–water partition coefficient (Wildman–Crippen LogP) is 6.98. The summed E-state index contributed by atoms with van der Waals surface area (Å²) in [5.41, 5.74) is 1.68. The second-order valence-electron chi connectivity index (χ2n) is 12.4. The average molecular weight is 427 g/mol. The largest absolute Gasteiger partial charge is 0.393 e. The zero-order valence-corrected chi connectivity index (χ0v) is 20.9. The molecule has 4 rings (SSSR count). The van der Waals surface area contributed by atoms with Crippen molar-refractivity contribution >= 4 is 5.78 Å². The van der Waals surface area contributed by atoms with Crippen LogP contribution in [0.25, 0.3) is 0 Å². The van der Waals surface area contributed by atoms with Crippen LogP contribution < -0.4 is 0 Å². The molecule has 0 aromatic heterocycles. The van der Waals surface area contributed by atoms with Gasteiger partial charge >= 0.3 is 0 Å². The van der Waals surface area contributed by atoms with Gasteiger partial charge in [-0.25, -0.2) is 0 Å². The van der Waals surface area contributed by atoms with Crippen molar-refractivity contribution in [1.82, 2.24) is 0 Å². The molecule has 0 heterocycles. The van der Waals surface area contributed by atoms with Gasteiger partial charge in [0.05, 0.1) is 6.10 Å². The summed E-state index contributed by atoms with van der Waals surface area (Å²) < 4.78 is 0. The SMILES string of the molecule is CC[C@H](/C=C/[C@@H](C)[C@H]1CC[C@H]2[C@@H]3C(=O)C=C4C[C@@H](O)CC[C@]4(C)[C@H]3CC[C@]12C)C(C)C. The molecule has 0 aromatic carbocycles. The maximum Gasteiger partial charge on any atom is 0.159 e. The Morgan fingerprint density at radius 1 is 1.06 bits per heavy atom. The van der Waals surface area contributed by atoms with E-state index in [4.69, 9.17) is 0 Å². The maximum absolute atomic E-state index is 13.5. The van der Waals surface area contributed by atoms with E-state index in [9.17, 15) is 9.90 Å². The highest BCUT2D eigenvalue weighted by Gasteiger charge is 2.61. The van der Waals surface area contributed by atoms with E-state index in [0.717, 1.165) is 12.8 Å². The number of aliphatic hydroxyl groups is 1. The number of carbonyl (C=O) groups is 1. The minimum absolute atomic E-state index is 0.133. The lowest BCUT2D eigenvalue weighted by Crippen LogP contribution is -2.53. The van der Waals surface area contributed by atoms with Crippen molar-refractivity contribution in [3.63, 3.8) is 0 Å². The third-order valence-corrected chi connectivity index (χ3v) is 10.6. The van der Waals surface area contributed by atoms with Gasteiger partial charge in [0, 0.05) is 5.92 Å². The number of hydrogen-bond acceptors (Lipinski definition) is 2. The first-order valence-electron chi connectivity index (χ1n) is 13.2. The normalized spacial score (nSPS) is 44.6. The molecule has 4 aliphatic rings. The van der Waals surface area contributed by atoms with Gasteiger partial charge in [0.1, 0.15) is 0 Å². The molecule has 174 valence electrons. The Bertz CT molecular complexity index is 748. The molecule has 31 heavy (non-hydrogen) atoms. The molecule has 3 saturated carbocycles. The fraction of sp³-hybridized carbons (Fsp3) is 0.828. The van der Waals surface area contributed by atoms with Gasteiger partial charge < -0.3 is 5.11 Å². The molecule has 3 fully saturated rings. The van der Waals surface area contributed by atoms with Crippen molar-refractivity contribution in [2.75, 3.05) is 0 Å². The van der Waals surface area contributed by atoms with E-state index in [2.05, 4.69) is 53.7 Å². The number of hydrogen-bond donors (Lipinski definition) is 1. The Morgan fingerprint density at radius 2 is 1.81 bits per heavy atom. The van der Waals surface area contributed by atoms with E-state index >= 15 is 0 Å². The van der Waals surface area contributed by atoms with Crippen LogP contribution in [0.2, 0.25) is 0 Å². The summed E-state index contributed by atoms with van der Waals surface area (Å²) in [6.07, 6.45) is 15.6. The molecule has 0 aliphatic heterocycles. The lowest BCUT2D eigenvalue weighted by Gasteiger charge is -2.57. The third-order valence-electron chi connectivity index (χ3n) is 10.6. The van der Waals surface area contributed by atoms with Crippen LogP contribution >= 0.6 is 0 Å². The Labute approximate surface area is 191 Å². The molecule has 0 spiro atoms. The lowest BCUT2D eigenvalue weighted by molar-refractivity contribution is -0.134. The number of fused-ring (bicyclic) bond motifs is 5. The van der Waals surface area contributed by atoms with E-state index in [-0.39, 0.29) is 22.9 Å². The monoisotopic (exact) mass is 426 g/mol. The van der Waals surface area contributed by atoms with E-state index in [1.807, 2.05) is 6.08 Å². The minimum Gasteiger partial charge on any atom is -0.393 e. The first kappa shape index (κ1) is 23.3. The molecule has 0 radical (unpaired) electrons. The van der Waals surface area contributed by atoms with E-state index in [0.29, 0.717) is 47.7 Å². The second kappa shape index (κ2) is 8.47. The van der Waals surface area contributed by atoms with Gasteiger partial charge in [-0.05, 0) is 104 Å². The Hall–Kier alpha value is -0.890. The van der Waals surface area contributed by atoms with Crippen LogP contribution in [0.15, 0.2) is 23.8 Å². The van der Waals surface area contributed by atoms with Gasteiger partial charge in [0.25, 0.3) is 0 Å². The van der Waals surface area contributed by atoms with Gasteiger partial charge in [-0.2, -0.15) is 0 Å². The summed E-state index contributed by atoms with van der Waals surface area (Å²) in [6.45, 7) is 14.3. The smallest absolute Gasteiger partial charge is 0.159 e. The third kappa shape index (κ3) is 3.79. The summed E-state index contributed by atoms with van der Waals surface area (Å²) in [7, 11) is 0. The van der Waals surface area contributed by atoms with Gasteiger partial charge in [0.15, 0.2) is 5.78 Å². The van der Waals surface area contributed by atoms with Crippen LogP contribution in [0, 0.1) is 52.3 Å².